The monoisotopic (exact) mass is 500 g/mol. The third kappa shape index (κ3) is 3.96. The molecule has 0 aliphatic carbocycles. The molecule has 190 valence electrons. The lowest BCUT2D eigenvalue weighted by Gasteiger charge is -2.39. The van der Waals surface area contributed by atoms with E-state index in [0.29, 0.717) is 22.1 Å². The summed E-state index contributed by atoms with van der Waals surface area (Å²) in [6, 6.07) is 8.65. The molecule has 4 aromatic rings. The van der Waals surface area contributed by atoms with E-state index < -0.39 is 37.3 Å². The minimum atomic E-state index is -1.68. The summed E-state index contributed by atoms with van der Waals surface area (Å²) in [5.74, 6) is 0.613. The second-order valence-electron chi connectivity index (χ2n) is 8.53. The third-order valence-corrected chi connectivity index (χ3v) is 6.11. The number of hydrogen-bond acceptors (Lipinski definition) is 11. The van der Waals surface area contributed by atoms with Gasteiger partial charge in [-0.2, -0.15) is 0 Å². The van der Waals surface area contributed by atoms with Gasteiger partial charge in [0.1, 0.15) is 41.3 Å². The fraction of sp³-hybridized carbons (Fsp3) is 0.320. The van der Waals surface area contributed by atoms with Gasteiger partial charge < -0.3 is 48.6 Å². The fourth-order valence-corrected chi connectivity index (χ4v) is 4.34. The highest BCUT2D eigenvalue weighted by Crippen LogP contribution is 2.44. The molecule has 11 nitrogen and oxygen atoms in total. The first-order valence-corrected chi connectivity index (χ1v) is 11.1. The lowest BCUT2D eigenvalue weighted by Crippen LogP contribution is -2.60. The Balaban J connectivity index is 1.77. The number of aliphatic hydroxyl groups excluding tert-OH is 4. The Morgan fingerprint density at radius 1 is 0.972 bits per heavy atom. The summed E-state index contributed by atoms with van der Waals surface area (Å²) in [6.45, 7) is 1.04. The summed E-state index contributed by atoms with van der Waals surface area (Å²) < 4.78 is 28.7. The van der Waals surface area contributed by atoms with Gasteiger partial charge in [-0.15, -0.1) is 0 Å². The highest BCUT2D eigenvalue weighted by atomic mass is 16.7. The van der Waals surface area contributed by atoms with Gasteiger partial charge in [0.05, 0.1) is 19.1 Å². The van der Waals surface area contributed by atoms with Gasteiger partial charge in [0.25, 0.3) is 0 Å². The molecule has 2 aromatic carbocycles. The van der Waals surface area contributed by atoms with E-state index in [1.54, 1.807) is 13.0 Å². The molecule has 1 aliphatic rings. The first kappa shape index (κ1) is 24.1. The van der Waals surface area contributed by atoms with Crippen molar-refractivity contribution in [3.8, 4) is 28.6 Å². The molecule has 1 fully saturated rings. The van der Waals surface area contributed by atoms with Gasteiger partial charge in [0.15, 0.2) is 28.4 Å². The van der Waals surface area contributed by atoms with Crippen LogP contribution in [0.5, 0.6) is 17.2 Å². The van der Waals surface area contributed by atoms with E-state index in [4.69, 9.17) is 23.0 Å². The Morgan fingerprint density at radius 2 is 1.69 bits per heavy atom. The quantitative estimate of drug-likeness (QED) is 0.268. The number of phenols is 1. The maximum atomic E-state index is 12.3. The molecular weight excluding hydrogens is 476 g/mol. The summed E-state index contributed by atoms with van der Waals surface area (Å²) >= 11 is 0. The molecule has 3 heterocycles. The first-order chi connectivity index (χ1) is 17.2. The second kappa shape index (κ2) is 9.12. The van der Waals surface area contributed by atoms with Crippen LogP contribution in [-0.4, -0.2) is 70.0 Å². The standard InChI is InChI=1S/C25H24O11/c1-10-5-13-19-16(33-10)7-12(27)8-17(19)34-23(11-3-4-14(28)15(6-11)32-2)24(13)36-25-22(31)21(30)20(29)18(9-26)35-25/h3-8,18,20-22,25-26,28-31H,9H2,1-2H3/t18-,20-,21+,22-,25+/m1/s1. The minimum Gasteiger partial charge on any atom is -0.504 e. The lowest BCUT2D eigenvalue weighted by atomic mass is 9.99. The van der Waals surface area contributed by atoms with Gasteiger partial charge in [0.2, 0.25) is 6.29 Å². The predicted octanol–water partition coefficient (Wildman–Crippen LogP) is 1.41. The van der Waals surface area contributed by atoms with E-state index in [0.717, 1.165) is 0 Å². The number of ether oxygens (including phenoxy) is 3. The van der Waals surface area contributed by atoms with Gasteiger partial charge >= 0.3 is 0 Å². The van der Waals surface area contributed by atoms with E-state index in [1.807, 2.05) is 0 Å². The summed E-state index contributed by atoms with van der Waals surface area (Å²) in [5.41, 5.74) is 0.473. The Morgan fingerprint density at radius 3 is 2.39 bits per heavy atom. The molecule has 5 atom stereocenters. The fourth-order valence-electron chi connectivity index (χ4n) is 4.34. The molecule has 1 aliphatic heterocycles. The summed E-state index contributed by atoms with van der Waals surface area (Å²) in [4.78, 5) is 12.3. The van der Waals surface area contributed by atoms with Gasteiger partial charge in [-0.3, -0.25) is 4.79 Å². The van der Waals surface area contributed by atoms with Crippen LogP contribution < -0.4 is 14.9 Å². The number of aliphatic hydroxyl groups is 4. The van der Waals surface area contributed by atoms with E-state index in [1.165, 1.54) is 37.4 Å². The molecule has 0 radical (unpaired) electrons. The van der Waals surface area contributed by atoms with E-state index in [-0.39, 0.29) is 39.6 Å². The summed E-state index contributed by atoms with van der Waals surface area (Å²) in [7, 11) is 1.38. The number of rotatable bonds is 5. The van der Waals surface area contributed by atoms with Crippen LogP contribution in [0.4, 0.5) is 0 Å². The maximum Gasteiger partial charge on any atom is 0.229 e. The molecule has 0 saturated carbocycles. The normalized spacial score (nSPS) is 24.3. The Hall–Kier alpha value is -3.61. The molecule has 1 saturated heterocycles. The van der Waals surface area contributed by atoms with Crippen LogP contribution in [-0.2, 0) is 4.74 Å². The van der Waals surface area contributed by atoms with Crippen LogP contribution in [0, 0.1) is 6.92 Å². The van der Waals surface area contributed by atoms with Crippen molar-refractivity contribution in [2.24, 2.45) is 0 Å². The minimum absolute atomic E-state index is 0.0575. The van der Waals surface area contributed by atoms with Crippen LogP contribution in [0.15, 0.2) is 50.0 Å². The number of phenolic OH excluding ortho intramolecular Hbond substituents is 1. The number of hydrogen-bond donors (Lipinski definition) is 5. The number of methoxy groups -OCH3 is 1. The van der Waals surface area contributed by atoms with Gasteiger partial charge in [-0.1, -0.05) is 0 Å². The van der Waals surface area contributed by atoms with E-state index in [2.05, 4.69) is 0 Å². The molecule has 5 N–H and O–H groups in total. The van der Waals surface area contributed by atoms with Gasteiger partial charge in [0, 0.05) is 23.1 Å². The second-order valence-corrected chi connectivity index (χ2v) is 8.53. The highest BCUT2D eigenvalue weighted by molar-refractivity contribution is 6.09. The average Bonchev–Trinajstić information content (AvgIpc) is 2.85. The van der Waals surface area contributed by atoms with Crippen molar-refractivity contribution in [3.63, 3.8) is 0 Å². The zero-order valence-electron chi connectivity index (χ0n) is 19.2. The van der Waals surface area contributed by atoms with Crippen LogP contribution in [0.3, 0.4) is 0 Å². The topological polar surface area (TPSA) is 172 Å². The largest absolute Gasteiger partial charge is 0.504 e. The zero-order valence-corrected chi connectivity index (χ0v) is 19.2. The molecular formula is C25H24O11. The molecule has 11 heteroatoms. The molecule has 0 amide bonds. The maximum absolute atomic E-state index is 12.3. The van der Waals surface area contributed by atoms with Crippen molar-refractivity contribution in [2.75, 3.05) is 13.7 Å². The molecule has 0 spiro atoms. The van der Waals surface area contributed by atoms with E-state index >= 15 is 0 Å². The predicted molar refractivity (Wildman–Crippen MR) is 125 cm³/mol. The van der Waals surface area contributed by atoms with Crippen molar-refractivity contribution in [1.82, 2.24) is 0 Å². The zero-order chi connectivity index (χ0) is 25.7. The number of aryl methyl sites for hydroxylation is 1. The molecule has 5 rings (SSSR count). The van der Waals surface area contributed by atoms with Crippen LogP contribution in [0.2, 0.25) is 0 Å². The smallest absolute Gasteiger partial charge is 0.229 e. The first-order valence-electron chi connectivity index (χ1n) is 11.1. The van der Waals surface area contributed by atoms with Gasteiger partial charge in [-0.05, 0) is 31.2 Å². The van der Waals surface area contributed by atoms with Crippen molar-refractivity contribution in [2.45, 2.75) is 37.6 Å². The van der Waals surface area contributed by atoms with Crippen LogP contribution in [0.25, 0.3) is 33.3 Å². The lowest BCUT2D eigenvalue weighted by molar-refractivity contribution is -0.277. The molecule has 2 aromatic heterocycles. The summed E-state index contributed by atoms with van der Waals surface area (Å²) in [5, 5.41) is 51.5. The number of aromatic hydroxyl groups is 1. The van der Waals surface area contributed by atoms with E-state index in [9.17, 15) is 30.3 Å². The Bertz CT molecular complexity index is 1490. The molecule has 0 unspecified atom stereocenters. The van der Waals surface area contributed by atoms with Crippen molar-refractivity contribution in [1.29, 1.82) is 0 Å². The van der Waals surface area contributed by atoms with Crippen molar-refractivity contribution < 1.29 is 48.6 Å². The summed E-state index contributed by atoms with van der Waals surface area (Å²) in [6.07, 6.45) is -7.62. The molecule has 36 heavy (non-hydrogen) atoms. The van der Waals surface area contributed by atoms with Crippen molar-refractivity contribution in [3.05, 3.63) is 52.4 Å². The van der Waals surface area contributed by atoms with Crippen LogP contribution >= 0.6 is 0 Å². The van der Waals surface area contributed by atoms with Crippen LogP contribution in [0.1, 0.15) is 5.76 Å². The van der Waals surface area contributed by atoms with Crippen molar-refractivity contribution >= 4 is 21.9 Å². The Labute approximate surface area is 203 Å². The molecule has 0 bridgehead atoms. The Kier molecular flexibility index (Phi) is 6.10. The third-order valence-electron chi connectivity index (χ3n) is 6.11. The SMILES string of the molecule is COc1cc(-c2oc3cc(=O)cc4oc(C)cc(c2O[C@@H]2O[C@H](CO)[C@@H](O)[C@H](O)[C@H]2O)c43)ccc1O. The number of benzene rings is 2. The highest BCUT2D eigenvalue weighted by Gasteiger charge is 2.45. The van der Waals surface area contributed by atoms with Gasteiger partial charge in [-0.25, -0.2) is 0 Å². The average molecular weight is 500 g/mol.